The molecule has 646 valence electrons. The van der Waals surface area contributed by atoms with E-state index in [1.54, 1.807) is 0 Å². The standard InChI is InChI=1S/C26H48BNO6P.2C24H45BNO6.CH4.3B3.4ClH.2K.Pt/c1-35(2)21-11-24(12-22-35)34-26(30)10-9-25(29)28-14-6-16-32-18-20-33-19-17-31-15-5-13-27-23-7-3-4-8-23;2*1-3-22(4-2)32-24(28)12-11-23(27)26-14-8-16-30-18-20-31-19-17-29-15-7-13-25-21-9-5-6-10-21;;3*1-3-2;;;;;;;/h23-24H,3-22H2,1-2H3;2*21-22H,3-20H2,1-2H3,(H,26,27);1H4;;;;4*1H;;;/q;;;;;;;;;;;;;+4/p-3. The van der Waals surface area contributed by atoms with Gasteiger partial charge >= 0.3 is 131 Å². The first kappa shape index (κ1) is 127. The molecule has 0 unspecified atom stereocenters. The Bertz CT molecular complexity index is 2070. The van der Waals surface area contributed by atoms with Crippen LogP contribution < -0.4 is 16.0 Å². The molecule has 4 rings (SSSR count). The van der Waals surface area contributed by atoms with Gasteiger partial charge in [-0.25, -0.2) is 0 Å². The van der Waals surface area contributed by atoms with Crippen LogP contribution in [-0.2, 0) is 97.5 Å². The first-order valence-corrected chi connectivity index (χ1v) is 72.9. The number of carbonyl (C=O) groups is 6. The van der Waals surface area contributed by atoms with E-state index in [2.05, 4.69) is 97.5 Å². The molecule has 0 aromatic heterocycles. The fourth-order valence-electron chi connectivity index (χ4n) is 11.9. The zero-order chi connectivity index (χ0) is 86.4. The number of esters is 3. The van der Waals surface area contributed by atoms with Gasteiger partial charge in [-0.15, -0.1) is 0 Å². The fraction of sp³-hybridized carbons (Fsp3) is 0.920. The normalized spacial score (nSPS) is 14.4. The molecule has 1 saturated heterocycles. The van der Waals surface area contributed by atoms with Gasteiger partial charge < -0.3 is 72.8 Å². The van der Waals surface area contributed by atoms with Crippen molar-refractivity contribution in [2.45, 2.75) is 282 Å². The number of hydrogen-bond acceptors (Lipinski definition) is 18. The van der Waals surface area contributed by atoms with Crippen LogP contribution in [0.2, 0.25) is 36.4 Å². The predicted octanol–water partition coefficient (Wildman–Crippen LogP) is 11.2. The van der Waals surface area contributed by atoms with Crippen molar-refractivity contribution in [1.82, 2.24) is 16.0 Å². The number of ether oxygens (including phenoxy) is 12. The zero-order valence-electron chi connectivity index (χ0n) is 72.1. The third-order valence-corrected chi connectivity index (χ3v) is 21.2. The molecule has 0 aromatic carbocycles. The molecule has 3 saturated carbocycles. The van der Waals surface area contributed by atoms with Crippen LogP contribution in [0.4, 0.5) is 0 Å². The Morgan fingerprint density at radius 3 is 0.828 bits per heavy atom. The Morgan fingerprint density at radius 2 is 0.595 bits per heavy atom. The Kier molecular flexibility index (Phi) is 108. The molecule has 3 aliphatic carbocycles. The van der Waals surface area contributed by atoms with Crippen LogP contribution in [0.25, 0.3) is 0 Å². The maximum absolute atomic E-state index is 12.0. The molecule has 41 heteroatoms. The Hall–Kier alpha value is 2.79. The average molecular weight is 1950 g/mol. The number of hydrogen-bond donors (Lipinski definition) is 3. The molecule has 18 radical (unpaired) electrons. The zero-order valence-corrected chi connectivity index (χ0v) is 84.6. The van der Waals surface area contributed by atoms with Crippen LogP contribution >= 0.6 is 44.9 Å². The van der Waals surface area contributed by atoms with E-state index < -0.39 is 19.2 Å². The van der Waals surface area contributed by atoms with E-state index in [0.717, 1.165) is 154 Å². The fourth-order valence-corrected chi connectivity index (χ4v) is 14.1. The molecule has 0 aromatic rings. The molecular formula is C75H143B12Cl4K2N3O18PPt+. The van der Waals surface area contributed by atoms with Crippen LogP contribution in [0.5, 0.6) is 0 Å². The third-order valence-electron chi connectivity index (χ3n) is 18.3. The maximum atomic E-state index is 12.0. The van der Waals surface area contributed by atoms with Crippen molar-refractivity contribution in [3.8, 4) is 0 Å². The molecule has 4 fully saturated rings. The van der Waals surface area contributed by atoms with Crippen molar-refractivity contribution >= 4 is 233 Å². The van der Waals surface area contributed by atoms with Gasteiger partial charge in [0.05, 0.1) is 111 Å². The minimum absolute atomic E-state index is 0. The van der Waals surface area contributed by atoms with Crippen LogP contribution in [0.3, 0.4) is 0 Å². The first-order valence-electron chi connectivity index (χ1n) is 42.6. The van der Waals surface area contributed by atoms with Crippen molar-refractivity contribution in [3.05, 3.63) is 0 Å². The summed E-state index contributed by atoms with van der Waals surface area (Å²) in [6.45, 7) is 25.3. The van der Waals surface area contributed by atoms with Gasteiger partial charge in [0.25, 0.3) is 0 Å². The summed E-state index contributed by atoms with van der Waals surface area (Å²) in [5.74, 6) is 1.31. The third kappa shape index (κ3) is 101. The van der Waals surface area contributed by atoms with E-state index >= 15 is 0 Å². The summed E-state index contributed by atoms with van der Waals surface area (Å²) < 4.78 is 65.9. The van der Waals surface area contributed by atoms with Gasteiger partial charge in [0, 0.05) is 180 Å². The number of carbonyl (C=O) groups excluding carboxylic acids is 6. The average Bonchev–Trinajstić information content (AvgIpc) is 1.18. The van der Waals surface area contributed by atoms with E-state index in [1.807, 2.05) is 27.7 Å². The molecular weight excluding hydrogens is 1810 g/mol. The van der Waals surface area contributed by atoms with Gasteiger partial charge in [0.2, 0.25) is 17.7 Å². The van der Waals surface area contributed by atoms with Gasteiger partial charge in [0.15, 0.2) is 0 Å². The molecule has 21 nitrogen and oxygen atoms in total. The molecule has 3 amide bonds. The molecule has 1 heterocycles. The van der Waals surface area contributed by atoms with Crippen molar-refractivity contribution in [2.24, 2.45) is 0 Å². The number of amides is 3. The van der Waals surface area contributed by atoms with Gasteiger partial charge in [-0.3, -0.25) is 28.8 Å². The van der Waals surface area contributed by atoms with Gasteiger partial charge in [-0.05, 0) is 64.2 Å². The molecule has 0 bridgehead atoms. The minimum atomic E-state index is -3.06. The molecule has 0 atom stereocenters. The molecule has 116 heavy (non-hydrogen) atoms. The van der Waals surface area contributed by atoms with Crippen molar-refractivity contribution < 1.29 is 97.5 Å². The van der Waals surface area contributed by atoms with Crippen LogP contribution in [-0.4, -0.2) is 371 Å². The van der Waals surface area contributed by atoms with Gasteiger partial charge in [-0.2, -0.15) is 0 Å². The van der Waals surface area contributed by atoms with Crippen molar-refractivity contribution in [3.63, 3.8) is 0 Å². The quantitative estimate of drug-likeness (QED) is 0.0168. The number of rotatable bonds is 61. The predicted molar refractivity (Wildman–Crippen MR) is 492 cm³/mol. The number of halogens is 4. The van der Waals surface area contributed by atoms with E-state index in [9.17, 15) is 28.8 Å². The molecule has 1 aliphatic heterocycles. The Morgan fingerprint density at radius 1 is 0.379 bits per heavy atom. The topological polar surface area (TPSA) is 249 Å². The summed E-state index contributed by atoms with van der Waals surface area (Å²) >= 11 is -0.556. The molecule has 0 spiro atoms. The van der Waals surface area contributed by atoms with Crippen molar-refractivity contribution in [2.75, 3.05) is 164 Å². The second-order valence-electron chi connectivity index (χ2n) is 28.2. The second kappa shape index (κ2) is 98.4. The molecule has 3 N–H and O–H groups in total. The summed E-state index contributed by atoms with van der Waals surface area (Å²) in [6.07, 6.45) is 34.0. The van der Waals surface area contributed by atoms with Crippen molar-refractivity contribution in [1.29, 1.82) is 0 Å². The van der Waals surface area contributed by atoms with E-state index in [1.165, 1.54) is 153 Å². The second-order valence-corrected chi connectivity index (χ2v) is 52.6. The summed E-state index contributed by atoms with van der Waals surface area (Å²) in [4.78, 5) is 70.8. The SMILES string of the molecule is C.CCC(CC)OC(=O)CCC(=O)NCCCOCCOCCOCCC[B]C1CCCC1.CCC(CC)OC(=O)CCC(=O)NCCCOCCOCCOCCC[B]C1CCCC1.C[P+]1(C)CCC(OC(=O)CCC(=O)NCCCOCCOCCOCCC[B]C2CCCC2)CC1.[B][B][B].[B][B][B].[B][B][B].[Cl][Pt]([Cl])([Cl])[Cl].[K][K]. The van der Waals surface area contributed by atoms with Gasteiger partial charge in [-0.1, -0.05) is 149 Å². The van der Waals surface area contributed by atoms with Crippen LogP contribution in [0.15, 0.2) is 0 Å². The van der Waals surface area contributed by atoms with E-state index in [4.69, 9.17) is 94.5 Å². The summed E-state index contributed by atoms with van der Waals surface area (Å²) in [5, 5.41) is 8.43. The Labute approximate surface area is 783 Å². The number of nitrogens with one attached hydrogen (secondary N) is 3. The van der Waals surface area contributed by atoms with Crippen LogP contribution in [0.1, 0.15) is 228 Å². The van der Waals surface area contributed by atoms with E-state index in [0.29, 0.717) is 119 Å². The first-order chi connectivity index (χ1) is 55.5. The van der Waals surface area contributed by atoms with E-state index in [-0.39, 0.29) is 99.9 Å². The van der Waals surface area contributed by atoms with Crippen LogP contribution in [0, 0.1) is 0 Å². The monoisotopic (exact) mass is 1950 g/mol. The summed E-state index contributed by atoms with van der Waals surface area (Å²) in [5.41, 5.74) is 0. The summed E-state index contributed by atoms with van der Waals surface area (Å²) in [7, 11) is 56.7. The van der Waals surface area contributed by atoms with Gasteiger partial charge in [0.1, 0.15) is 40.2 Å². The summed E-state index contributed by atoms with van der Waals surface area (Å²) in [6, 6.07) is 0. The molecule has 4 aliphatic rings. The Balaban J connectivity index is -0.000000483.